The molecule has 0 spiro atoms. The van der Waals surface area contributed by atoms with Crippen LogP contribution in [0.4, 0.5) is 0 Å². The summed E-state index contributed by atoms with van der Waals surface area (Å²) in [6.07, 6.45) is 8.46. The third-order valence-electron chi connectivity index (χ3n) is 1.97. The Bertz CT molecular complexity index is 325. The maximum atomic E-state index is 8.89. The fraction of sp³-hybridized carbons (Fsp3) is 0.200. The molecule has 2 atom stereocenters. The summed E-state index contributed by atoms with van der Waals surface area (Å²) in [7, 11) is 0. The summed E-state index contributed by atoms with van der Waals surface area (Å²) >= 11 is 0. The average Bonchev–Trinajstić information content (AvgIpc) is 2.17. The van der Waals surface area contributed by atoms with E-state index in [0.717, 1.165) is 0 Å². The Morgan fingerprint density at radius 2 is 2.17 bits per heavy atom. The molecule has 1 aliphatic rings. The van der Waals surface area contributed by atoms with Gasteiger partial charge in [-0.1, -0.05) is 30.4 Å². The zero-order valence-electron chi connectivity index (χ0n) is 6.57. The molecule has 0 saturated carbocycles. The number of hydrogen-bond donors (Lipinski definition) is 0. The van der Waals surface area contributed by atoms with Gasteiger partial charge in [0.1, 0.15) is 5.41 Å². The summed E-state index contributed by atoms with van der Waals surface area (Å²) in [5, 5.41) is 17.6. The summed E-state index contributed by atoms with van der Waals surface area (Å²) in [5.41, 5.74) is -0.830. The predicted octanol–water partition coefficient (Wildman–Crippen LogP) is 1.95. The summed E-state index contributed by atoms with van der Waals surface area (Å²) in [4.78, 5) is 0. The van der Waals surface area contributed by atoms with Crippen molar-refractivity contribution in [1.82, 2.24) is 0 Å². The fourth-order valence-electron chi connectivity index (χ4n) is 1.15. The van der Waals surface area contributed by atoms with Gasteiger partial charge in [0, 0.05) is 0 Å². The third kappa shape index (κ3) is 1.04. The molecule has 2 unspecified atom stereocenters. The van der Waals surface area contributed by atoms with Crippen LogP contribution < -0.4 is 0 Å². The standard InChI is InChI=1S/C10H8N2/c1-2-10(8-12)6-4-3-5-9(10)7-11/h2-6,9H,1H2. The Labute approximate surface area is 71.7 Å². The predicted molar refractivity (Wildman–Crippen MR) is 45.6 cm³/mol. The van der Waals surface area contributed by atoms with Crippen molar-refractivity contribution in [3.8, 4) is 12.1 Å². The first kappa shape index (κ1) is 8.30. The lowest BCUT2D eigenvalue weighted by Gasteiger charge is -2.23. The quantitative estimate of drug-likeness (QED) is 0.545. The molecule has 0 aromatic heterocycles. The monoisotopic (exact) mass is 156 g/mol. The van der Waals surface area contributed by atoms with Crippen LogP contribution in [0.2, 0.25) is 0 Å². The highest BCUT2D eigenvalue weighted by Gasteiger charge is 2.33. The van der Waals surface area contributed by atoms with Crippen LogP contribution in [0.25, 0.3) is 0 Å². The molecule has 1 rings (SSSR count). The first-order chi connectivity index (χ1) is 5.79. The highest BCUT2D eigenvalue weighted by Crippen LogP contribution is 2.33. The van der Waals surface area contributed by atoms with Gasteiger partial charge < -0.3 is 0 Å². The summed E-state index contributed by atoms with van der Waals surface area (Å²) < 4.78 is 0. The molecule has 2 nitrogen and oxygen atoms in total. The van der Waals surface area contributed by atoms with Gasteiger partial charge in [-0.05, 0) is 0 Å². The molecule has 12 heavy (non-hydrogen) atoms. The number of hydrogen-bond acceptors (Lipinski definition) is 2. The highest BCUT2D eigenvalue weighted by atomic mass is 14.4. The largest absolute Gasteiger partial charge is 0.198 e. The molecule has 0 aromatic rings. The molecule has 0 saturated heterocycles. The van der Waals surface area contributed by atoms with E-state index in [1.807, 2.05) is 0 Å². The maximum Gasteiger partial charge on any atom is 0.113 e. The molecule has 0 amide bonds. The van der Waals surface area contributed by atoms with E-state index in [0.29, 0.717) is 0 Å². The molecule has 1 aliphatic carbocycles. The Kier molecular flexibility index (Phi) is 2.12. The van der Waals surface area contributed by atoms with Crippen LogP contribution in [0.3, 0.4) is 0 Å². The van der Waals surface area contributed by atoms with E-state index < -0.39 is 11.3 Å². The minimum atomic E-state index is -0.830. The van der Waals surface area contributed by atoms with Crippen LogP contribution in [0, 0.1) is 34.0 Å². The van der Waals surface area contributed by atoms with Gasteiger partial charge in [0.15, 0.2) is 0 Å². The van der Waals surface area contributed by atoms with E-state index in [9.17, 15) is 0 Å². The molecule has 2 heteroatoms. The Balaban J connectivity index is 3.13. The molecule has 0 aromatic carbocycles. The van der Waals surface area contributed by atoms with Crippen LogP contribution in [-0.4, -0.2) is 0 Å². The molecular weight excluding hydrogens is 148 g/mol. The SMILES string of the molecule is C=CC1(C#N)C=CC=CC1C#N. The van der Waals surface area contributed by atoms with Crippen LogP contribution in [0.15, 0.2) is 37.0 Å². The van der Waals surface area contributed by atoms with Crippen molar-refractivity contribution in [2.24, 2.45) is 11.3 Å². The second kappa shape index (κ2) is 3.07. The van der Waals surface area contributed by atoms with Crippen molar-refractivity contribution in [2.45, 2.75) is 0 Å². The fourth-order valence-corrected chi connectivity index (χ4v) is 1.15. The second-order valence-corrected chi connectivity index (χ2v) is 2.60. The van der Waals surface area contributed by atoms with Crippen molar-refractivity contribution in [3.63, 3.8) is 0 Å². The topological polar surface area (TPSA) is 47.6 Å². The normalized spacial score (nSPS) is 32.0. The minimum absolute atomic E-state index is 0.412. The van der Waals surface area contributed by atoms with Crippen molar-refractivity contribution < 1.29 is 0 Å². The van der Waals surface area contributed by atoms with Crippen molar-refractivity contribution in [2.75, 3.05) is 0 Å². The number of allylic oxidation sites excluding steroid dienone is 5. The lowest BCUT2D eigenvalue weighted by Crippen LogP contribution is -2.23. The van der Waals surface area contributed by atoms with Crippen LogP contribution in [0.1, 0.15) is 0 Å². The van der Waals surface area contributed by atoms with Crippen molar-refractivity contribution in [3.05, 3.63) is 37.0 Å². The van der Waals surface area contributed by atoms with Crippen molar-refractivity contribution in [1.29, 1.82) is 10.5 Å². The second-order valence-electron chi connectivity index (χ2n) is 2.60. The molecule has 0 radical (unpaired) electrons. The molecular formula is C10H8N2. The zero-order chi connectivity index (χ0) is 9.03. The van der Waals surface area contributed by atoms with E-state index in [2.05, 4.69) is 18.7 Å². The van der Waals surface area contributed by atoms with E-state index in [4.69, 9.17) is 10.5 Å². The average molecular weight is 156 g/mol. The van der Waals surface area contributed by atoms with Gasteiger partial charge in [0.2, 0.25) is 0 Å². The van der Waals surface area contributed by atoms with Gasteiger partial charge in [-0.25, -0.2) is 0 Å². The van der Waals surface area contributed by atoms with Crippen LogP contribution in [0.5, 0.6) is 0 Å². The Hall–Kier alpha value is -1.80. The van der Waals surface area contributed by atoms with E-state index in [-0.39, 0.29) is 0 Å². The van der Waals surface area contributed by atoms with Crippen molar-refractivity contribution >= 4 is 0 Å². The Morgan fingerprint density at radius 3 is 2.58 bits per heavy atom. The maximum absolute atomic E-state index is 8.89. The molecule has 0 aliphatic heterocycles. The van der Waals surface area contributed by atoms with E-state index in [1.165, 1.54) is 6.08 Å². The van der Waals surface area contributed by atoms with Crippen LogP contribution in [-0.2, 0) is 0 Å². The molecule has 0 bridgehead atoms. The summed E-state index contributed by atoms with van der Waals surface area (Å²) in [5.74, 6) is -0.412. The van der Waals surface area contributed by atoms with Gasteiger partial charge in [0.25, 0.3) is 0 Å². The molecule has 58 valence electrons. The minimum Gasteiger partial charge on any atom is -0.198 e. The Morgan fingerprint density at radius 1 is 1.42 bits per heavy atom. The van der Waals surface area contributed by atoms with Gasteiger partial charge in [0.05, 0.1) is 18.1 Å². The smallest absolute Gasteiger partial charge is 0.113 e. The number of nitrogens with zero attached hydrogens (tertiary/aromatic N) is 2. The lowest BCUT2D eigenvalue weighted by atomic mass is 9.75. The third-order valence-corrected chi connectivity index (χ3v) is 1.97. The first-order valence-electron chi connectivity index (χ1n) is 3.59. The van der Waals surface area contributed by atoms with Gasteiger partial charge >= 0.3 is 0 Å². The van der Waals surface area contributed by atoms with Gasteiger partial charge in [-0.3, -0.25) is 0 Å². The van der Waals surface area contributed by atoms with E-state index in [1.54, 1.807) is 24.3 Å². The van der Waals surface area contributed by atoms with Gasteiger partial charge in [-0.15, -0.1) is 6.58 Å². The van der Waals surface area contributed by atoms with Crippen LogP contribution >= 0.6 is 0 Å². The summed E-state index contributed by atoms with van der Waals surface area (Å²) in [6.45, 7) is 3.57. The number of rotatable bonds is 1. The molecule has 0 N–H and O–H groups in total. The lowest BCUT2D eigenvalue weighted by molar-refractivity contribution is 0.545. The van der Waals surface area contributed by atoms with E-state index >= 15 is 0 Å². The number of nitriles is 2. The first-order valence-corrected chi connectivity index (χ1v) is 3.59. The zero-order valence-corrected chi connectivity index (χ0v) is 6.57. The van der Waals surface area contributed by atoms with Gasteiger partial charge in [-0.2, -0.15) is 10.5 Å². The summed E-state index contributed by atoms with van der Waals surface area (Å²) in [6, 6.07) is 4.15. The molecule has 0 fully saturated rings. The highest BCUT2D eigenvalue weighted by molar-refractivity contribution is 5.35. The molecule has 0 heterocycles.